The molecule has 0 saturated heterocycles. The molecule has 0 aliphatic carbocycles. The van der Waals surface area contributed by atoms with Gasteiger partial charge >= 0.3 is 0 Å². The third-order valence-electron chi connectivity index (χ3n) is 3.01. The van der Waals surface area contributed by atoms with E-state index >= 15 is 0 Å². The summed E-state index contributed by atoms with van der Waals surface area (Å²) in [7, 11) is 0. The van der Waals surface area contributed by atoms with Gasteiger partial charge in [-0.15, -0.1) is 0 Å². The molecule has 1 aliphatic rings. The van der Waals surface area contributed by atoms with Crippen LogP contribution in [0.5, 0.6) is 0 Å². The number of nitrogens with zero attached hydrogens (tertiary/aromatic N) is 1. The van der Waals surface area contributed by atoms with E-state index in [1.807, 2.05) is 18.2 Å². The van der Waals surface area contributed by atoms with Crippen molar-refractivity contribution >= 4 is 11.6 Å². The largest absolute Gasteiger partial charge is 0.273 e. The van der Waals surface area contributed by atoms with Crippen LogP contribution >= 0.6 is 0 Å². The van der Waals surface area contributed by atoms with Gasteiger partial charge in [-0.25, -0.2) is 5.43 Å². The predicted molar refractivity (Wildman–Crippen MR) is 69.0 cm³/mol. The maximum Gasteiger partial charge on any atom is 0.244 e. The van der Waals surface area contributed by atoms with Crippen molar-refractivity contribution in [1.82, 2.24) is 5.43 Å². The van der Waals surface area contributed by atoms with Crippen LogP contribution in [0, 0.1) is 0 Å². The highest BCUT2D eigenvalue weighted by Crippen LogP contribution is 2.16. The fourth-order valence-corrected chi connectivity index (χ4v) is 2.09. The number of carbonyl (C=O) groups is 1. The molecule has 1 aromatic carbocycles. The lowest BCUT2D eigenvalue weighted by atomic mass is 9.97. The second-order valence-electron chi connectivity index (χ2n) is 4.38. The minimum absolute atomic E-state index is 0.0251. The molecule has 1 aromatic rings. The minimum atomic E-state index is -0.0251. The summed E-state index contributed by atoms with van der Waals surface area (Å²) in [5, 5.41) is 4.23. The number of amides is 1. The van der Waals surface area contributed by atoms with Crippen molar-refractivity contribution in [3.63, 3.8) is 0 Å². The Bertz CT molecular complexity index is 438. The molecular formula is C14H18N2O. The normalized spacial score (nSPS) is 14.6. The molecule has 0 spiro atoms. The van der Waals surface area contributed by atoms with E-state index in [-0.39, 0.29) is 5.91 Å². The van der Waals surface area contributed by atoms with E-state index in [0.717, 1.165) is 29.7 Å². The molecular weight excluding hydrogens is 212 g/mol. The molecule has 1 amide bonds. The second kappa shape index (κ2) is 5.62. The van der Waals surface area contributed by atoms with Crippen LogP contribution in [0.1, 0.15) is 43.7 Å². The molecule has 3 nitrogen and oxygen atoms in total. The summed E-state index contributed by atoms with van der Waals surface area (Å²) in [5.74, 6) is -0.0251. The lowest BCUT2D eigenvalue weighted by Gasteiger charge is -2.07. The van der Waals surface area contributed by atoms with Gasteiger partial charge in [0.25, 0.3) is 0 Å². The highest BCUT2D eigenvalue weighted by molar-refractivity contribution is 6.04. The Morgan fingerprint density at radius 2 is 2.12 bits per heavy atom. The molecule has 0 radical (unpaired) electrons. The van der Waals surface area contributed by atoms with Crippen molar-refractivity contribution in [3.05, 3.63) is 35.4 Å². The Hall–Kier alpha value is -1.64. The average molecular weight is 230 g/mol. The number of benzene rings is 1. The van der Waals surface area contributed by atoms with Crippen LogP contribution < -0.4 is 5.43 Å². The average Bonchev–Trinajstić information content (AvgIpc) is 2.49. The van der Waals surface area contributed by atoms with E-state index in [2.05, 4.69) is 23.5 Å². The molecule has 1 aliphatic heterocycles. The Labute approximate surface area is 102 Å². The Morgan fingerprint density at radius 1 is 1.29 bits per heavy atom. The molecule has 1 N–H and O–H groups in total. The summed E-state index contributed by atoms with van der Waals surface area (Å²) in [6.07, 6.45) is 4.89. The van der Waals surface area contributed by atoms with Gasteiger partial charge in [0.05, 0.1) is 12.1 Å². The number of unbranched alkanes of at least 4 members (excludes halogenated alkanes) is 2. The molecule has 2 rings (SSSR count). The third kappa shape index (κ3) is 2.93. The molecule has 90 valence electrons. The zero-order valence-corrected chi connectivity index (χ0v) is 10.2. The topological polar surface area (TPSA) is 41.5 Å². The van der Waals surface area contributed by atoms with Gasteiger partial charge in [0.15, 0.2) is 0 Å². The zero-order chi connectivity index (χ0) is 12.1. The standard InChI is InChI=1S/C14H18N2O/c1-2-3-4-9-13-12-8-6-5-7-11(12)10-14(17)16-15-13/h5-8H,2-4,9-10H2,1H3,(H,16,17). The summed E-state index contributed by atoms with van der Waals surface area (Å²) in [4.78, 5) is 11.5. The molecule has 3 heteroatoms. The van der Waals surface area contributed by atoms with Crippen molar-refractivity contribution in [2.24, 2.45) is 5.10 Å². The summed E-state index contributed by atoms with van der Waals surface area (Å²) < 4.78 is 0. The van der Waals surface area contributed by atoms with E-state index in [1.54, 1.807) is 0 Å². The van der Waals surface area contributed by atoms with E-state index in [0.29, 0.717) is 6.42 Å². The van der Waals surface area contributed by atoms with Crippen molar-refractivity contribution in [1.29, 1.82) is 0 Å². The quantitative estimate of drug-likeness (QED) is 0.794. The summed E-state index contributed by atoms with van der Waals surface area (Å²) in [6.45, 7) is 2.19. The maximum atomic E-state index is 11.5. The number of carbonyl (C=O) groups excluding carboxylic acids is 1. The van der Waals surface area contributed by atoms with Crippen molar-refractivity contribution in [2.45, 2.75) is 39.0 Å². The van der Waals surface area contributed by atoms with Crippen molar-refractivity contribution < 1.29 is 4.79 Å². The fourth-order valence-electron chi connectivity index (χ4n) is 2.09. The number of hydrogen-bond donors (Lipinski definition) is 1. The first kappa shape index (κ1) is 11.8. The molecule has 1 heterocycles. The molecule has 0 unspecified atom stereocenters. The highest BCUT2D eigenvalue weighted by atomic mass is 16.2. The monoisotopic (exact) mass is 230 g/mol. The van der Waals surface area contributed by atoms with Gasteiger partial charge in [-0.3, -0.25) is 4.79 Å². The lowest BCUT2D eigenvalue weighted by molar-refractivity contribution is -0.120. The number of fused-ring (bicyclic) bond motifs is 1. The number of hydrogen-bond acceptors (Lipinski definition) is 2. The fraction of sp³-hybridized carbons (Fsp3) is 0.429. The first-order chi connectivity index (χ1) is 8.31. The van der Waals surface area contributed by atoms with Gasteiger partial charge in [0.2, 0.25) is 5.91 Å². The zero-order valence-electron chi connectivity index (χ0n) is 10.2. The molecule has 0 saturated carbocycles. The van der Waals surface area contributed by atoms with Crippen LogP contribution in [0.4, 0.5) is 0 Å². The predicted octanol–water partition coefficient (Wildman–Crippen LogP) is 2.64. The van der Waals surface area contributed by atoms with Gasteiger partial charge < -0.3 is 0 Å². The molecule has 0 aromatic heterocycles. The van der Waals surface area contributed by atoms with Crippen molar-refractivity contribution in [2.75, 3.05) is 0 Å². The third-order valence-corrected chi connectivity index (χ3v) is 3.01. The Morgan fingerprint density at radius 3 is 2.94 bits per heavy atom. The number of nitrogens with one attached hydrogen (secondary N) is 1. The van der Waals surface area contributed by atoms with E-state index in [1.165, 1.54) is 12.8 Å². The van der Waals surface area contributed by atoms with E-state index in [4.69, 9.17) is 0 Å². The second-order valence-corrected chi connectivity index (χ2v) is 4.38. The van der Waals surface area contributed by atoms with Crippen LogP contribution in [0.3, 0.4) is 0 Å². The van der Waals surface area contributed by atoms with Crippen LogP contribution in [0.25, 0.3) is 0 Å². The first-order valence-corrected chi connectivity index (χ1v) is 6.25. The summed E-state index contributed by atoms with van der Waals surface area (Å²) in [6, 6.07) is 8.04. The molecule has 0 bridgehead atoms. The maximum absolute atomic E-state index is 11.5. The van der Waals surface area contributed by atoms with Gasteiger partial charge in [0, 0.05) is 5.56 Å². The van der Waals surface area contributed by atoms with E-state index < -0.39 is 0 Å². The van der Waals surface area contributed by atoms with Crippen LogP contribution in [0.2, 0.25) is 0 Å². The highest BCUT2D eigenvalue weighted by Gasteiger charge is 2.15. The van der Waals surface area contributed by atoms with Gasteiger partial charge in [-0.1, -0.05) is 44.0 Å². The SMILES string of the molecule is CCCCCC1=NNC(=O)Cc2ccccc21. The molecule has 17 heavy (non-hydrogen) atoms. The van der Waals surface area contributed by atoms with Gasteiger partial charge in [-0.05, 0) is 18.4 Å². The van der Waals surface area contributed by atoms with Gasteiger partial charge in [-0.2, -0.15) is 5.10 Å². The Balaban J connectivity index is 2.22. The van der Waals surface area contributed by atoms with Crippen LogP contribution in [-0.2, 0) is 11.2 Å². The molecule has 0 fully saturated rings. The Kier molecular flexibility index (Phi) is 3.91. The van der Waals surface area contributed by atoms with Crippen LogP contribution in [0.15, 0.2) is 29.4 Å². The van der Waals surface area contributed by atoms with E-state index in [9.17, 15) is 4.79 Å². The smallest absolute Gasteiger partial charge is 0.244 e. The van der Waals surface area contributed by atoms with Crippen molar-refractivity contribution in [3.8, 4) is 0 Å². The molecule has 0 atom stereocenters. The number of rotatable bonds is 4. The summed E-state index contributed by atoms with van der Waals surface area (Å²) in [5.41, 5.74) is 5.84. The summed E-state index contributed by atoms with van der Waals surface area (Å²) >= 11 is 0. The number of hydrazone groups is 1. The first-order valence-electron chi connectivity index (χ1n) is 6.25. The minimum Gasteiger partial charge on any atom is -0.273 e. The van der Waals surface area contributed by atoms with Gasteiger partial charge in [0.1, 0.15) is 0 Å². The van der Waals surface area contributed by atoms with Crippen LogP contribution in [-0.4, -0.2) is 11.6 Å². The lowest BCUT2D eigenvalue weighted by Crippen LogP contribution is -2.18.